The Morgan fingerprint density at radius 2 is 2.29 bits per heavy atom. The van der Waals surface area contributed by atoms with E-state index in [1.54, 1.807) is 0 Å². The van der Waals surface area contributed by atoms with Crippen molar-refractivity contribution < 1.29 is 0 Å². The average Bonchev–Trinajstić information content (AvgIpc) is 2.17. The zero-order chi connectivity index (χ0) is 9.97. The van der Waals surface area contributed by atoms with Crippen molar-refractivity contribution in [2.24, 2.45) is 5.92 Å². The van der Waals surface area contributed by atoms with Crippen LogP contribution < -0.4 is 4.90 Å². The number of benzene rings is 1. The third-order valence-electron chi connectivity index (χ3n) is 2.87. The number of nitrogens with zero attached hydrogens (tertiary/aromatic N) is 2. The molecule has 1 aromatic rings. The highest BCUT2D eigenvalue weighted by molar-refractivity contribution is 5.53. The van der Waals surface area contributed by atoms with E-state index in [0.717, 1.165) is 24.6 Å². The molecule has 2 heteroatoms. The molecule has 1 aliphatic rings. The van der Waals surface area contributed by atoms with Gasteiger partial charge < -0.3 is 4.90 Å². The van der Waals surface area contributed by atoms with E-state index in [1.807, 2.05) is 18.2 Å². The van der Waals surface area contributed by atoms with Gasteiger partial charge in [0.25, 0.3) is 0 Å². The molecule has 14 heavy (non-hydrogen) atoms. The van der Waals surface area contributed by atoms with E-state index in [-0.39, 0.29) is 0 Å². The molecule has 1 fully saturated rings. The molecule has 0 atom stereocenters. The van der Waals surface area contributed by atoms with Crippen LogP contribution in [0.1, 0.15) is 18.9 Å². The van der Waals surface area contributed by atoms with E-state index in [1.165, 1.54) is 12.1 Å². The van der Waals surface area contributed by atoms with Gasteiger partial charge in [-0.2, -0.15) is 5.26 Å². The molecule has 0 radical (unpaired) electrons. The molecule has 1 saturated heterocycles. The third-order valence-corrected chi connectivity index (χ3v) is 2.87. The summed E-state index contributed by atoms with van der Waals surface area (Å²) in [6.45, 7) is 4.52. The molecule has 72 valence electrons. The molecule has 1 heterocycles. The lowest BCUT2D eigenvalue weighted by molar-refractivity contribution is 0.399. The van der Waals surface area contributed by atoms with E-state index < -0.39 is 0 Å². The number of hydrogen-bond acceptors (Lipinski definition) is 2. The summed E-state index contributed by atoms with van der Waals surface area (Å²) >= 11 is 0. The smallest absolute Gasteiger partial charge is 0.0992 e. The zero-order valence-electron chi connectivity index (χ0n) is 8.40. The summed E-state index contributed by atoms with van der Waals surface area (Å²) in [5, 5.41) is 8.76. The minimum atomic E-state index is 0.752. The van der Waals surface area contributed by atoms with Crippen molar-refractivity contribution in [3.8, 4) is 6.07 Å². The van der Waals surface area contributed by atoms with E-state index in [9.17, 15) is 0 Å². The summed E-state index contributed by atoms with van der Waals surface area (Å²) in [6, 6.07) is 10.0. The third kappa shape index (κ3) is 1.58. The maximum absolute atomic E-state index is 8.76. The first-order valence-corrected chi connectivity index (χ1v) is 5.08. The molecule has 0 unspecified atom stereocenters. The fourth-order valence-corrected chi connectivity index (χ4v) is 1.81. The van der Waals surface area contributed by atoms with Gasteiger partial charge in [-0.1, -0.05) is 13.0 Å². The predicted octanol–water partition coefficient (Wildman–Crippen LogP) is 2.40. The van der Waals surface area contributed by atoms with E-state index in [4.69, 9.17) is 5.26 Å². The van der Waals surface area contributed by atoms with Crippen molar-refractivity contribution in [3.05, 3.63) is 29.8 Å². The van der Waals surface area contributed by atoms with Crippen LogP contribution in [0.5, 0.6) is 0 Å². The van der Waals surface area contributed by atoms with Gasteiger partial charge in [-0.3, -0.25) is 0 Å². The largest absolute Gasteiger partial charge is 0.371 e. The minimum Gasteiger partial charge on any atom is -0.371 e. The van der Waals surface area contributed by atoms with Crippen molar-refractivity contribution in [2.75, 3.05) is 18.0 Å². The molecule has 0 saturated carbocycles. The van der Waals surface area contributed by atoms with Crippen LogP contribution in [0.2, 0.25) is 0 Å². The molecule has 1 aliphatic heterocycles. The lowest BCUT2D eigenvalue weighted by atomic mass is 9.96. The summed E-state index contributed by atoms with van der Waals surface area (Å²) in [6.07, 6.45) is 1.26. The summed E-state index contributed by atoms with van der Waals surface area (Å²) in [5.74, 6) is 0.848. The van der Waals surface area contributed by atoms with Gasteiger partial charge in [-0.25, -0.2) is 0 Å². The quantitative estimate of drug-likeness (QED) is 0.709. The second-order valence-electron chi connectivity index (χ2n) is 3.84. The first kappa shape index (κ1) is 9.08. The molecule has 1 aromatic carbocycles. The maximum Gasteiger partial charge on any atom is 0.0992 e. The van der Waals surface area contributed by atoms with Crippen molar-refractivity contribution >= 4 is 5.69 Å². The van der Waals surface area contributed by atoms with Crippen LogP contribution in [-0.4, -0.2) is 13.1 Å². The monoisotopic (exact) mass is 186 g/mol. The predicted molar refractivity (Wildman–Crippen MR) is 57.2 cm³/mol. The zero-order valence-corrected chi connectivity index (χ0v) is 8.40. The fraction of sp³-hybridized carbons (Fsp3) is 0.417. The van der Waals surface area contributed by atoms with Crippen LogP contribution in [0, 0.1) is 17.2 Å². The Kier molecular flexibility index (Phi) is 2.41. The van der Waals surface area contributed by atoms with Crippen molar-refractivity contribution in [1.29, 1.82) is 5.26 Å². The molecule has 0 amide bonds. The topological polar surface area (TPSA) is 27.0 Å². The normalized spacial score (nSPS) is 16.1. The highest BCUT2D eigenvalue weighted by atomic mass is 15.2. The molecular weight excluding hydrogens is 172 g/mol. The fourth-order valence-electron chi connectivity index (χ4n) is 1.81. The number of anilines is 1. The number of rotatable bonds is 2. The average molecular weight is 186 g/mol. The van der Waals surface area contributed by atoms with Crippen molar-refractivity contribution in [3.63, 3.8) is 0 Å². The second kappa shape index (κ2) is 3.71. The summed E-state index contributed by atoms with van der Waals surface area (Å²) in [4.78, 5) is 2.33. The maximum atomic E-state index is 8.76. The van der Waals surface area contributed by atoms with Gasteiger partial charge in [0.2, 0.25) is 0 Å². The highest BCUT2D eigenvalue weighted by Crippen LogP contribution is 2.26. The Bertz CT molecular complexity index is 359. The second-order valence-corrected chi connectivity index (χ2v) is 3.84. The first-order chi connectivity index (χ1) is 6.83. The van der Waals surface area contributed by atoms with Crippen LogP contribution in [0.3, 0.4) is 0 Å². The first-order valence-electron chi connectivity index (χ1n) is 5.08. The van der Waals surface area contributed by atoms with Gasteiger partial charge in [0, 0.05) is 18.8 Å². The summed E-state index contributed by atoms with van der Waals surface area (Å²) in [5.41, 5.74) is 1.94. The Morgan fingerprint density at radius 1 is 1.50 bits per heavy atom. The Morgan fingerprint density at radius 3 is 2.93 bits per heavy atom. The van der Waals surface area contributed by atoms with Crippen LogP contribution in [-0.2, 0) is 0 Å². The number of hydrogen-bond donors (Lipinski definition) is 0. The van der Waals surface area contributed by atoms with Gasteiger partial charge in [0.15, 0.2) is 0 Å². The van der Waals surface area contributed by atoms with Gasteiger partial charge in [0.1, 0.15) is 0 Å². The Hall–Kier alpha value is -1.49. The molecule has 2 nitrogen and oxygen atoms in total. The molecule has 0 spiro atoms. The standard InChI is InChI=1S/C12H14N2/c1-2-10-8-14(9-10)12-5-3-4-11(6-12)7-13/h3-6,10H,2,8-9H2,1H3. The van der Waals surface area contributed by atoms with E-state index >= 15 is 0 Å². The highest BCUT2D eigenvalue weighted by Gasteiger charge is 2.24. The van der Waals surface area contributed by atoms with Crippen molar-refractivity contribution in [1.82, 2.24) is 0 Å². The molecule has 0 aliphatic carbocycles. The lowest BCUT2D eigenvalue weighted by Gasteiger charge is -2.40. The number of nitriles is 1. The summed E-state index contributed by atoms with van der Waals surface area (Å²) in [7, 11) is 0. The Labute approximate surface area is 84.8 Å². The van der Waals surface area contributed by atoms with Gasteiger partial charge in [-0.05, 0) is 30.5 Å². The molecule has 2 rings (SSSR count). The van der Waals surface area contributed by atoms with Crippen LogP contribution in [0.25, 0.3) is 0 Å². The lowest BCUT2D eigenvalue weighted by Crippen LogP contribution is -2.46. The SMILES string of the molecule is CCC1CN(c2cccc(C#N)c2)C1. The van der Waals surface area contributed by atoms with Gasteiger partial charge in [0.05, 0.1) is 11.6 Å². The van der Waals surface area contributed by atoms with E-state index in [2.05, 4.69) is 24.0 Å². The van der Waals surface area contributed by atoms with E-state index in [0.29, 0.717) is 0 Å². The molecule has 0 N–H and O–H groups in total. The van der Waals surface area contributed by atoms with Gasteiger partial charge >= 0.3 is 0 Å². The van der Waals surface area contributed by atoms with Crippen LogP contribution >= 0.6 is 0 Å². The molecular formula is C12H14N2. The van der Waals surface area contributed by atoms with Crippen LogP contribution in [0.4, 0.5) is 5.69 Å². The van der Waals surface area contributed by atoms with Gasteiger partial charge in [-0.15, -0.1) is 0 Å². The summed E-state index contributed by atoms with van der Waals surface area (Å²) < 4.78 is 0. The molecule has 0 bridgehead atoms. The Balaban J connectivity index is 2.08. The minimum absolute atomic E-state index is 0.752. The molecule has 0 aromatic heterocycles. The van der Waals surface area contributed by atoms with Crippen molar-refractivity contribution in [2.45, 2.75) is 13.3 Å². The van der Waals surface area contributed by atoms with Crippen LogP contribution in [0.15, 0.2) is 24.3 Å².